The summed E-state index contributed by atoms with van der Waals surface area (Å²) in [6, 6.07) is 6.56. The maximum atomic E-state index is 7.78. The molecule has 1 fully saturated rings. The molecule has 0 bridgehead atoms. The number of nitrogens with zero attached hydrogens (tertiary/aromatic N) is 2. The van der Waals surface area contributed by atoms with Crippen molar-refractivity contribution in [2.24, 2.45) is 5.73 Å². The van der Waals surface area contributed by atoms with Crippen LogP contribution >= 0.6 is 0 Å². The highest BCUT2D eigenvalue weighted by Crippen LogP contribution is 2.28. The van der Waals surface area contributed by atoms with E-state index < -0.39 is 0 Å². The molecule has 0 unspecified atom stereocenters. The maximum Gasteiger partial charge on any atom is 0.124 e. The number of para-hydroxylation sites is 1. The third-order valence-electron chi connectivity index (χ3n) is 4.43. The van der Waals surface area contributed by atoms with Gasteiger partial charge in [-0.15, -0.1) is 0 Å². The molecule has 1 heterocycles. The standard InChI is InChI=1S/C16H26N4/c1-4-20-10-8-13(9-11-20)19(3)15-12(2)6-5-7-14(15)16(17)18/h5-7,13H,4,8-11H2,1-3H3,(H3,17,18). The summed E-state index contributed by atoms with van der Waals surface area (Å²) in [5, 5.41) is 7.78. The molecule has 1 aliphatic heterocycles. The average Bonchev–Trinajstić information content (AvgIpc) is 2.46. The fourth-order valence-electron chi connectivity index (χ4n) is 3.15. The molecule has 110 valence electrons. The third kappa shape index (κ3) is 2.96. The van der Waals surface area contributed by atoms with Gasteiger partial charge in [0.15, 0.2) is 0 Å². The van der Waals surface area contributed by atoms with Crippen molar-refractivity contribution in [3.8, 4) is 0 Å². The predicted octanol–water partition coefficient (Wildman–Crippen LogP) is 2.20. The molecule has 0 amide bonds. The molecule has 0 atom stereocenters. The predicted molar refractivity (Wildman–Crippen MR) is 85.7 cm³/mol. The summed E-state index contributed by atoms with van der Waals surface area (Å²) in [4.78, 5) is 4.83. The smallest absolute Gasteiger partial charge is 0.124 e. The Hall–Kier alpha value is -1.55. The Labute approximate surface area is 122 Å². The highest BCUT2D eigenvalue weighted by atomic mass is 15.2. The van der Waals surface area contributed by atoms with Crippen LogP contribution in [0.15, 0.2) is 18.2 Å². The van der Waals surface area contributed by atoms with E-state index in [0.29, 0.717) is 6.04 Å². The minimum atomic E-state index is 0.154. The molecule has 1 aromatic carbocycles. The first kappa shape index (κ1) is 14.9. The van der Waals surface area contributed by atoms with Gasteiger partial charge in [-0.25, -0.2) is 0 Å². The summed E-state index contributed by atoms with van der Waals surface area (Å²) < 4.78 is 0. The Balaban J connectivity index is 2.21. The normalized spacial score (nSPS) is 17.1. The zero-order chi connectivity index (χ0) is 14.7. The van der Waals surface area contributed by atoms with Crippen molar-refractivity contribution in [1.82, 2.24) is 4.90 Å². The van der Waals surface area contributed by atoms with Crippen LogP contribution in [0.4, 0.5) is 5.69 Å². The number of piperidine rings is 1. The summed E-state index contributed by atoms with van der Waals surface area (Å²) in [6.45, 7) is 7.78. The van der Waals surface area contributed by atoms with E-state index in [0.717, 1.165) is 30.9 Å². The molecular formula is C16H26N4. The molecule has 2 rings (SSSR count). The molecule has 3 N–H and O–H groups in total. The highest BCUT2D eigenvalue weighted by Gasteiger charge is 2.24. The summed E-state index contributed by atoms with van der Waals surface area (Å²) >= 11 is 0. The maximum absolute atomic E-state index is 7.78. The van der Waals surface area contributed by atoms with Gasteiger partial charge < -0.3 is 15.5 Å². The van der Waals surface area contributed by atoms with Crippen LogP contribution < -0.4 is 10.6 Å². The van der Waals surface area contributed by atoms with Gasteiger partial charge in [-0.05, 0) is 37.9 Å². The van der Waals surface area contributed by atoms with E-state index in [-0.39, 0.29) is 5.84 Å². The Morgan fingerprint density at radius 3 is 2.60 bits per heavy atom. The van der Waals surface area contributed by atoms with Crippen LogP contribution in [0.2, 0.25) is 0 Å². The van der Waals surface area contributed by atoms with Gasteiger partial charge in [-0.1, -0.05) is 19.1 Å². The molecule has 0 saturated carbocycles. The molecule has 0 spiro atoms. The quantitative estimate of drug-likeness (QED) is 0.654. The number of amidine groups is 1. The fraction of sp³-hybridized carbons (Fsp3) is 0.562. The lowest BCUT2D eigenvalue weighted by atomic mass is 9.99. The summed E-state index contributed by atoms with van der Waals surface area (Å²) in [7, 11) is 2.14. The Bertz CT molecular complexity index is 475. The van der Waals surface area contributed by atoms with Gasteiger partial charge in [-0.2, -0.15) is 0 Å². The van der Waals surface area contributed by atoms with Crippen LogP contribution in [-0.4, -0.2) is 43.5 Å². The van der Waals surface area contributed by atoms with Crippen molar-refractivity contribution in [2.75, 3.05) is 31.6 Å². The van der Waals surface area contributed by atoms with Gasteiger partial charge >= 0.3 is 0 Å². The van der Waals surface area contributed by atoms with E-state index >= 15 is 0 Å². The second-order valence-electron chi connectivity index (χ2n) is 5.66. The Kier molecular flexibility index (Phi) is 4.65. The van der Waals surface area contributed by atoms with Gasteiger partial charge in [0.05, 0.1) is 5.69 Å². The Morgan fingerprint density at radius 1 is 1.40 bits per heavy atom. The zero-order valence-electron chi connectivity index (χ0n) is 12.8. The monoisotopic (exact) mass is 274 g/mol. The first-order valence-corrected chi connectivity index (χ1v) is 7.43. The van der Waals surface area contributed by atoms with Crippen molar-refractivity contribution in [1.29, 1.82) is 5.41 Å². The van der Waals surface area contributed by atoms with E-state index in [4.69, 9.17) is 11.1 Å². The topological polar surface area (TPSA) is 56.4 Å². The average molecular weight is 274 g/mol. The SMILES string of the molecule is CCN1CCC(N(C)c2c(C)cccc2C(=N)N)CC1. The van der Waals surface area contributed by atoms with E-state index in [1.807, 2.05) is 12.1 Å². The van der Waals surface area contributed by atoms with E-state index in [1.165, 1.54) is 18.4 Å². The van der Waals surface area contributed by atoms with Crippen molar-refractivity contribution in [2.45, 2.75) is 32.7 Å². The number of hydrogen-bond acceptors (Lipinski definition) is 3. The molecule has 0 radical (unpaired) electrons. The number of benzene rings is 1. The first-order valence-electron chi connectivity index (χ1n) is 7.43. The fourth-order valence-corrected chi connectivity index (χ4v) is 3.15. The number of hydrogen-bond donors (Lipinski definition) is 2. The largest absolute Gasteiger partial charge is 0.384 e. The van der Waals surface area contributed by atoms with Crippen molar-refractivity contribution in [3.63, 3.8) is 0 Å². The molecule has 1 aliphatic rings. The first-order chi connectivity index (χ1) is 9.54. The van der Waals surface area contributed by atoms with Crippen LogP contribution in [-0.2, 0) is 0 Å². The van der Waals surface area contributed by atoms with E-state index in [1.54, 1.807) is 0 Å². The van der Waals surface area contributed by atoms with Crippen LogP contribution in [0.1, 0.15) is 30.9 Å². The number of aryl methyl sites for hydroxylation is 1. The van der Waals surface area contributed by atoms with Gasteiger partial charge in [0.25, 0.3) is 0 Å². The highest BCUT2D eigenvalue weighted by molar-refractivity contribution is 6.01. The number of nitrogens with two attached hydrogens (primary N) is 1. The van der Waals surface area contributed by atoms with Crippen molar-refractivity contribution in [3.05, 3.63) is 29.3 Å². The molecule has 1 aromatic rings. The zero-order valence-corrected chi connectivity index (χ0v) is 12.8. The van der Waals surface area contributed by atoms with E-state index in [2.05, 4.69) is 36.8 Å². The van der Waals surface area contributed by atoms with Gasteiger partial charge in [0, 0.05) is 31.7 Å². The van der Waals surface area contributed by atoms with Crippen molar-refractivity contribution < 1.29 is 0 Å². The van der Waals surface area contributed by atoms with E-state index in [9.17, 15) is 0 Å². The lowest BCUT2D eigenvalue weighted by Gasteiger charge is -2.38. The van der Waals surface area contributed by atoms with Gasteiger partial charge in [0.1, 0.15) is 5.84 Å². The van der Waals surface area contributed by atoms with Crippen LogP contribution in [0.3, 0.4) is 0 Å². The molecule has 20 heavy (non-hydrogen) atoms. The number of nitrogens with one attached hydrogen (secondary N) is 1. The summed E-state index contributed by atoms with van der Waals surface area (Å²) in [5.74, 6) is 0.154. The molecule has 4 heteroatoms. The second kappa shape index (κ2) is 6.27. The lowest BCUT2D eigenvalue weighted by molar-refractivity contribution is 0.221. The number of rotatable bonds is 4. The molecule has 0 aliphatic carbocycles. The second-order valence-corrected chi connectivity index (χ2v) is 5.66. The summed E-state index contributed by atoms with van der Waals surface area (Å²) in [6.07, 6.45) is 2.35. The van der Waals surface area contributed by atoms with Crippen molar-refractivity contribution >= 4 is 11.5 Å². The molecular weight excluding hydrogens is 248 g/mol. The van der Waals surface area contributed by atoms with Crippen LogP contribution in [0.25, 0.3) is 0 Å². The number of nitrogen functional groups attached to an aromatic ring is 1. The molecule has 1 saturated heterocycles. The molecule has 4 nitrogen and oxygen atoms in total. The van der Waals surface area contributed by atoms with Gasteiger partial charge in [-0.3, -0.25) is 5.41 Å². The Morgan fingerprint density at radius 2 is 2.05 bits per heavy atom. The minimum Gasteiger partial charge on any atom is -0.384 e. The molecule has 0 aromatic heterocycles. The summed E-state index contributed by atoms with van der Waals surface area (Å²) in [5.41, 5.74) is 8.91. The lowest BCUT2D eigenvalue weighted by Crippen LogP contribution is -2.44. The van der Waals surface area contributed by atoms with Crippen LogP contribution in [0.5, 0.6) is 0 Å². The minimum absolute atomic E-state index is 0.154. The third-order valence-corrected chi connectivity index (χ3v) is 4.43. The number of likely N-dealkylation sites (tertiary alicyclic amines) is 1. The van der Waals surface area contributed by atoms with Crippen LogP contribution in [0, 0.1) is 12.3 Å². The van der Waals surface area contributed by atoms with Gasteiger partial charge in [0.2, 0.25) is 0 Å². The number of anilines is 1.